The van der Waals surface area contributed by atoms with Crippen LogP contribution in [-0.4, -0.2) is 30.7 Å². The summed E-state index contributed by atoms with van der Waals surface area (Å²) in [6.45, 7) is 1.34. The fourth-order valence-corrected chi connectivity index (χ4v) is 5.03. The first-order chi connectivity index (χ1) is 12.1. The molecular weight excluding hydrogens is 334 g/mol. The molecule has 0 saturated carbocycles. The van der Waals surface area contributed by atoms with E-state index >= 15 is 0 Å². The van der Waals surface area contributed by atoms with Crippen LogP contribution in [0.4, 0.5) is 0 Å². The molecule has 1 N–H and O–H groups in total. The highest BCUT2D eigenvalue weighted by Gasteiger charge is 2.29. The highest BCUT2D eigenvalue weighted by Crippen LogP contribution is 2.33. The Hall–Kier alpha value is -2.31. The summed E-state index contributed by atoms with van der Waals surface area (Å²) >= 11 is 0. The van der Waals surface area contributed by atoms with Crippen LogP contribution in [0.1, 0.15) is 23.6 Å². The second-order valence-corrected chi connectivity index (χ2v) is 8.40. The summed E-state index contributed by atoms with van der Waals surface area (Å²) in [6.07, 6.45) is 2.43. The molecule has 1 atom stereocenters. The zero-order valence-electron chi connectivity index (χ0n) is 13.7. The van der Waals surface area contributed by atoms with Crippen LogP contribution in [0, 0.1) is 0 Å². The molecule has 0 aliphatic carbocycles. The Balaban J connectivity index is 1.46. The summed E-state index contributed by atoms with van der Waals surface area (Å²) < 4.78 is 24.4. The number of benzene rings is 2. The molecule has 0 spiro atoms. The number of hydrogen-bond acceptors (Lipinski definition) is 5. The van der Waals surface area contributed by atoms with Crippen LogP contribution in [0.25, 0.3) is 11.0 Å². The van der Waals surface area contributed by atoms with E-state index in [1.807, 2.05) is 36.4 Å². The van der Waals surface area contributed by atoms with Gasteiger partial charge in [-0.25, -0.2) is 13.4 Å². The molecule has 3 aromatic rings. The monoisotopic (exact) mass is 353 g/mol. The Morgan fingerprint density at radius 2 is 1.80 bits per heavy atom. The van der Waals surface area contributed by atoms with Crippen molar-refractivity contribution >= 4 is 20.9 Å². The molecule has 25 heavy (non-hydrogen) atoms. The molecular formula is C19H19N3O2S. The zero-order chi connectivity index (χ0) is 17.3. The topological polar surface area (TPSA) is 72.0 Å². The molecule has 2 aromatic carbocycles. The predicted molar refractivity (Wildman–Crippen MR) is 97.1 cm³/mol. The van der Waals surface area contributed by atoms with Crippen LogP contribution < -0.4 is 5.32 Å². The van der Waals surface area contributed by atoms with Crippen LogP contribution in [-0.2, 0) is 16.4 Å². The molecule has 0 bridgehead atoms. The van der Waals surface area contributed by atoms with E-state index in [1.165, 1.54) is 0 Å². The van der Waals surface area contributed by atoms with E-state index in [-0.39, 0.29) is 11.7 Å². The lowest BCUT2D eigenvalue weighted by Gasteiger charge is -2.25. The van der Waals surface area contributed by atoms with Gasteiger partial charge < -0.3 is 5.32 Å². The lowest BCUT2D eigenvalue weighted by atomic mass is 9.96. The third-order valence-corrected chi connectivity index (χ3v) is 6.44. The van der Waals surface area contributed by atoms with Crippen LogP contribution in [0.2, 0.25) is 0 Å². The molecule has 0 amide bonds. The first-order valence-corrected chi connectivity index (χ1v) is 10.0. The molecule has 5 nitrogen and oxygen atoms in total. The van der Waals surface area contributed by atoms with Gasteiger partial charge in [-0.3, -0.25) is 4.98 Å². The van der Waals surface area contributed by atoms with E-state index in [0.29, 0.717) is 17.9 Å². The minimum absolute atomic E-state index is 0.202. The molecule has 1 aliphatic heterocycles. The van der Waals surface area contributed by atoms with E-state index in [9.17, 15) is 8.42 Å². The van der Waals surface area contributed by atoms with Crippen molar-refractivity contribution in [3.8, 4) is 0 Å². The smallest absolute Gasteiger partial charge is 0.178 e. The maximum absolute atomic E-state index is 12.2. The number of fused-ring (bicyclic) bond motifs is 2. The largest absolute Gasteiger partial charge is 0.311 e. The third kappa shape index (κ3) is 3.27. The zero-order valence-corrected chi connectivity index (χ0v) is 14.5. The van der Waals surface area contributed by atoms with Gasteiger partial charge >= 0.3 is 0 Å². The molecule has 0 radical (unpaired) electrons. The lowest BCUT2D eigenvalue weighted by molar-refractivity contribution is 0.530. The van der Waals surface area contributed by atoms with Gasteiger partial charge in [-0.05, 0) is 36.1 Å². The second-order valence-electron chi connectivity index (χ2n) is 6.32. The minimum Gasteiger partial charge on any atom is -0.311 e. The fraction of sp³-hybridized carbons (Fsp3) is 0.263. The summed E-state index contributed by atoms with van der Waals surface area (Å²) in [7, 11) is -3.13. The first-order valence-electron chi connectivity index (χ1n) is 8.36. The van der Waals surface area contributed by atoms with Gasteiger partial charge in [0.1, 0.15) is 0 Å². The van der Waals surface area contributed by atoms with Crippen molar-refractivity contribution in [2.24, 2.45) is 0 Å². The summed E-state index contributed by atoms with van der Waals surface area (Å²) in [5.74, 6) is 0.416. The molecule has 4 rings (SSSR count). The summed E-state index contributed by atoms with van der Waals surface area (Å²) in [6, 6.07) is 15.1. The number of rotatable bonds is 4. The lowest BCUT2D eigenvalue weighted by Crippen LogP contribution is -2.28. The van der Waals surface area contributed by atoms with Crippen LogP contribution in [0.5, 0.6) is 0 Å². The van der Waals surface area contributed by atoms with Crippen molar-refractivity contribution in [1.82, 2.24) is 15.3 Å². The van der Waals surface area contributed by atoms with Crippen LogP contribution in [0.15, 0.2) is 59.6 Å². The fourth-order valence-electron chi connectivity index (χ4n) is 3.33. The number of sulfone groups is 1. The molecule has 0 saturated heterocycles. The molecule has 1 aromatic heterocycles. The third-order valence-electron chi connectivity index (χ3n) is 4.62. The van der Waals surface area contributed by atoms with Gasteiger partial charge in [0.05, 0.1) is 33.6 Å². The maximum Gasteiger partial charge on any atom is 0.178 e. The normalized spacial score (nSPS) is 18.8. The summed E-state index contributed by atoms with van der Waals surface area (Å²) in [4.78, 5) is 9.51. The van der Waals surface area contributed by atoms with Crippen LogP contribution >= 0.6 is 0 Å². The molecule has 1 unspecified atom stereocenters. The molecule has 2 heterocycles. The molecule has 1 aliphatic rings. The van der Waals surface area contributed by atoms with Crippen LogP contribution in [0.3, 0.4) is 0 Å². The van der Waals surface area contributed by atoms with Crippen molar-refractivity contribution < 1.29 is 8.42 Å². The number of nitrogens with one attached hydrogen (secondary N) is 1. The van der Waals surface area contributed by atoms with Gasteiger partial charge in [-0.1, -0.05) is 30.3 Å². The Labute approximate surface area is 147 Å². The van der Waals surface area contributed by atoms with E-state index in [1.54, 1.807) is 18.3 Å². The Morgan fingerprint density at radius 1 is 1.04 bits per heavy atom. The van der Waals surface area contributed by atoms with Crippen molar-refractivity contribution in [3.05, 3.63) is 66.0 Å². The predicted octanol–water partition coefficient (Wildman–Crippen LogP) is 2.68. The van der Waals surface area contributed by atoms with Crippen molar-refractivity contribution in [2.45, 2.75) is 23.8 Å². The van der Waals surface area contributed by atoms with E-state index < -0.39 is 9.84 Å². The Bertz CT molecular complexity index is 1020. The van der Waals surface area contributed by atoms with E-state index in [4.69, 9.17) is 0 Å². The maximum atomic E-state index is 12.2. The Kier molecular flexibility index (Phi) is 4.23. The minimum atomic E-state index is -3.13. The van der Waals surface area contributed by atoms with Crippen molar-refractivity contribution in [2.75, 3.05) is 12.3 Å². The average molecular weight is 353 g/mol. The number of aromatic nitrogens is 2. The van der Waals surface area contributed by atoms with E-state index in [0.717, 1.165) is 28.8 Å². The van der Waals surface area contributed by atoms with Gasteiger partial charge in [0.15, 0.2) is 9.84 Å². The molecule has 128 valence electrons. The van der Waals surface area contributed by atoms with Crippen molar-refractivity contribution in [3.63, 3.8) is 0 Å². The highest BCUT2D eigenvalue weighted by molar-refractivity contribution is 7.91. The Morgan fingerprint density at radius 3 is 2.68 bits per heavy atom. The van der Waals surface area contributed by atoms with Gasteiger partial charge in [-0.2, -0.15) is 0 Å². The van der Waals surface area contributed by atoms with E-state index in [2.05, 4.69) is 15.3 Å². The van der Waals surface area contributed by atoms with Crippen molar-refractivity contribution in [1.29, 1.82) is 0 Å². The van der Waals surface area contributed by atoms with Gasteiger partial charge in [0, 0.05) is 13.1 Å². The summed E-state index contributed by atoms with van der Waals surface area (Å²) in [5.41, 5.74) is 3.58. The number of nitrogens with zero attached hydrogens (tertiary/aromatic N) is 2. The average Bonchev–Trinajstić information content (AvgIpc) is 2.64. The SMILES string of the molecule is O=S1(=O)CCC(CNCc2cnc3ccccc3n2)c2ccccc21. The van der Waals surface area contributed by atoms with Gasteiger partial charge in [0.25, 0.3) is 0 Å². The number of hydrogen-bond donors (Lipinski definition) is 1. The summed E-state index contributed by atoms with van der Waals surface area (Å²) in [5, 5.41) is 3.41. The molecule has 0 fully saturated rings. The quantitative estimate of drug-likeness (QED) is 0.781. The molecule has 6 heteroatoms. The second kappa shape index (κ2) is 6.54. The highest BCUT2D eigenvalue weighted by atomic mass is 32.2. The van der Waals surface area contributed by atoms with Gasteiger partial charge in [0.2, 0.25) is 0 Å². The number of para-hydroxylation sites is 2. The first kappa shape index (κ1) is 16.2. The van der Waals surface area contributed by atoms with Gasteiger partial charge in [-0.15, -0.1) is 0 Å². The standard InChI is InChI=1S/C19H19N3O2S/c23-25(24)10-9-14(16-5-1-4-8-19(16)25)11-20-12-15-13-21-17-6-2-3-7-18(17)22-15/h1-8,13-14,20H,9-12H2.